The van der Waals surface area contributed by atoms with Crippen LogP contribution in [0.5, 0.6) is 0 Å². The molecule has 1 saturated carbocycles. The number of rotatable bonds is 3. The zero-order chi connectivity index (χ0) is 13.8. The van der Waals surface area contributed by atoms with Crippen LogP contribution in [0.3, 0.4) is 0 Å². The highest BCUT2D eigenvalue weighted by molar-refractivity contribution is 5.29. The van der Waals surface area contributed by atoms with E-state index in [1.54, 1.807) is 0 Å². The fourth-order valence-corrected chi connectivity index (χ4v) is 3.46. The molecule has 0 unspecified atom stereocenters. The molecule has 3 rings (SSSR count). The summed E-state index contributed by atoms with van der Waals surface area (Å²) in [6, 6.07) is 0.357. The third-order valence-corrected chi connectivity index (χ3v) is 4.80. The zero-order valence-electron chi connectivity index (χ0n) is 12.4. The van der Waals surface area contributed by atoms with Crippen molar-refractivity contribution in [2.75, 3.05) is 18.0 Å². The molecule has 3 N–H and O–H groups in total. The SMILES string of the molecule is NC1CCN(c2n[nH]c(CC3CCCCCC3)n2)CC1. The summed E-state index contributed by atoms with van der Waals surface area (Å²) < 4.78 is 0. The van der Waals surface area contributed by atoms with Gasteiger partial charge in [-0.1, -0.05) is 38.5 Å². The van der Waals surface area contributed by atoms with E-state index in [2.05, 4.69) is 15.1 Å². The molecule has 1 aliphatic heterocycles. The van der Waals surface area contributed by atoms with Crippen molar-refractivity contribution in [2.24, 2.45) is 11.7 Å². The third-order valence-electron chi connectivity index (χ3n) is 4.80. The number of hydrogen-bond acceptors (Lipinski definition) is 4. The van der Waals surface area contributed by atoms with Crippen molar-refractivity contribution < 1.29 is 0 Å². The van der Waals surface area contributed by atoms with Crippen molar-refractivity contribution in [1.82, 2.24) is 15.2 Å². The van der Waals surface area contributed by atoms with Crippen molar-refractivity contribution in [3.05, 3.63) is 5.82 Å². The first-order valence-electron chi connectivity index (χ1n) is 8.23. The van der Waals surface area contributed by atoms with Crippen molar-refractivity contribution in [2.45, 2.75) is 63.8 Å². The Kier molecular flexibility index (Phi) is 4.55. The minimum absolute atomic E-state index is 0.357. The van der Waals surface area contributed by atoms with Crippen molar-refractivity contribution in [3.63, 3.8) is 0 Å². The summed E-state index contributed by atoms with van der Waals surface area (Å²) in [5, 5.41) is 7.55. The smallest absolute Gasteiger partial charge is 0.244 e. The van der Waals surface area contributed by atoms with Crippen LogP contribution in [0.4, 0.5) is 5.95 Å². The summed E-state index contributed by atoms with van der Waals surface area (Å²) in [6.07, 6.45) is 11.5. The maximum Gasteiger partial charge on any atom is 0.244 e. The second-order valence-electron chi connectivity index (χ2n) is 6.47. The van der Waals surface area contributed by atoms with Gasteiger partial charge in [0.25, 0.3) is 0 Å². The molecule has 0 aromatic carbocycles. The Balaban J connectivity index is 1.56. The van der Waals surface area contributed by atoms with E-state index >= 15 is 0 Å². The van der Waals surface area contributed by atoms with Crippen LogP contribution < -0.4 is 10.6 Å². The van der Waals surface area contributed by atoms with Crippen molar-refractivity contribution >= 4 is 5.95 Å². The van der Waals surface area contributed by atoms with Gasteiger partial charge in [-0.05, 0) is 18.8 Å². The van der Waals surface area contributed by atoms with Crippen molar-refractivity contribution in [1.29, 1.82) is 0 Å². The van der Waals surface area contributed by atoms with Crippen LogP contribution in [0.2, 0.25) is 0 Å². The lowest BCUT2D eigenvalue weighted by Crippen LogP contribution is -2.40. The van der Waals surface area contributed by atoms with Crippen LogP contribution in [-0.2, 0) is 6.42 Å². The average Bonchev–Trinajstić information content (AvgIpc) is 2.76. The van der Waals surface area contributed by atoms with E-state index in [0.717, 1.165) is 50.0 Å². The fraction of sp³-hybridized carbons (Fsp3) is 0.867. The van der Waals surface area contributed by atoms with Gasteiger partial charge in [0.05, 0.1) is 0 Å². The van der Waals surface area contributed by atoms with E-state index in [9.17, 15) is 0 Å². The summed E-state index contributed by atoms with van der Waals surface area (Å²) in [4.78, 5) is 6.96. The highest BCUT2D eigenvalue weighted by atomic mass is 15.4. The first-order valence-corrected chi connectivity index (χ1v) is 8.23. The van der Waals surface area contributed by atoms with Gasteiger partial charge >= 0.3 is 0 Å². The standard InChI is InChI=1S/C15H27N5/c16-13-7-9-20(10-8-13)15-17-14(18-19-15)11-12-5-3-1-2-4-6-12/h12-13H,1-11,16H2,(H,17,18,19). The Morgan fingerprint density at radius 2 is 1.75 bits per heavy atom. The number of H-pyrrole nitrogens is 1. The van der Waals surface area contributed by atoms with Gasteiger partial charge in [0, 0.05) is 25.6 Å². The predicted octanol–water partition coefficient (Wildman–Crippen LogP) is 2.25. The molecule has 1 saturated heterocycles. The Morgan fingerprint density at radius 1 is 1.05 bits per heavy atom. The maximum atomic E-state index is 5.94. The number of nitrogens with one attached hydrogen (secondary N) is 1. The summed E-state index contributed by atoms with van der Waals surface area (Å²) in [7, 11) is 0. The van der Waals surface area contributed by atoms with Gasteiger partial charge in [-0.3, -0.25) is 5.10 Å². The third kappa shape index (κ3) is 3.51. The first kappa shape index (κ1) is 13.9. The van der Waals surface area contributed by atoms with Gasteiger partial charge in [0.15, 0.2) is 0 Å². The van der Waals surface area contributed by atoms with E-state index < -0.39 is 0 Å². The van der Waals surface area contributed by atoms with Crippen LogP contribution in [0.1, 0.15) is 57.2 Å². The lowest BCUT2D eigenvalue weighted by atomic mass is 9.96. The molecule has 0 bridgehead atoms. The number of piperidine rings is 1. The molecule has 5 heteroatoms. The lowest BCUT2D eigenvalue weighted by molar-refractivity contribution is 0.448. The van der Waals surface area contributed by atoms with E-state index in [1.807, 2.05) is 0 Å². The summed E-state index contributed by atoms with van der Waals surface area (Å²) in [5.41, 5.74) is 5.94. The molecule has 2 aliphatic rings. The second kappa shape index (κ2) is 6.57. The molecule has 20 heavy (non-hydrogen) atoms. The average molecular weight is 277 g/mol. The molecular weight excluding hydrogens is 250 g/mol. The maximum absolute atomic E-state index is 5.94. The monoisotopic (exact) mass is 277 g/mol. The van der Waals surface area contributed by atoms with Crippen LogP contribution in [-0.4, -0.2) is 34.3 Å². The van der Waals surface area contributed by atoms with Gasteiger partial charge < -0.3 is 10.6 Å². The molecule has 112 valence electrons. The molecule has 2 heterocycles. The predicted molar refractivity (Wildman–Crippen MR) is 80.7 cm³/mol. The molecule has 5 nitrogen and oxygen atoms in total. The highest BCUT2D eigenvalue weighted by Crippen LogP contribution is 2.25. The Morgan fingerprint density at radius 3 is 2.45 bits per heavy atom. The van der Waals surface area contributed by atoms with E-state index in [4.69, 9.17) is 10.7 Å². The quantitative estimate of drug-likeness (QED) is 0.831. The van der Waals surface area contributed by atoms with Gasteiger partial charge in [0.1, 0.15) is 5.82 Å². The number of nitrogens with zero attached hydrogens (tertiary/aromatic N) is 3. The van der Waals surface area contributed by atoms with Crippen molar-refractivity contribution in [3.8, 4) is 0 Å². The molecule has 1 aliphatic carbocycles. The van der Waals surface area contributed by atoms with Crippen LogP contribution in [0, 0.1) is 5.92 Å². The Labute approximate surface area is 121 Å². The molecule has 0 amide bonds. The van der Waals surface area contributed by atoms with Gasteiger partial charge in [-0.15, -0.1) is 5.10 Å². The molecular formula is C15H27N5. The van der Waals surface area contributed by atoms with Crippen LogP contribution in [0.15, 0.2) is 0 Å². The number of aromatic nitrogens is 3. The molecule has 2 fully saturated rings. The molecule has 0 atom stereocenters. The molecule has 1 aromatic heterocycles. The Bertz CT molecular complexity index is 400. The Hall–Kier alpha value is -1.10. The van der Waals surface area contributed by atoms with Gasteiger partial charge in [-0.25, -0.2) is 0 Å². The van der Waals surface area contributed by atoms with Crippen LogP contribution in [0.25, 0.3) is 0 Å². The second-order valence-corrected chi connectivity index (χ2v) is 6.47. The number of nitrogens with two attached hydrogens (primary N) is 1. The number of hydrogen-bond donors (Lipinski definition) is 2. The fourth-order valence-electron chi connectivity index (χ4n) is 3.46. The van der Waals surface area contributed by atoms with Gasteiger partial charge in [-0.2, -0.15) is 4.98 Å². The van der Waals surface area contributed by atoms with E-state index in [0.29, 0.717) is 6.04 Å². The highest BCUT2D eigenvalue weighted by Gasteiger charge is 2.20. The van der Waals surface area contributed by atoms with E-state index in [-0.39, 0.29) is 0 Å². The summed E-state index contributed by atoms with van der Waals surface area (Å²) in [5.74, 6) is 2.75. The minimum Gasteiger partial charge on any atom is -0.339 e. The molecule has 1 aromatic rings. The normalized spacial score (nSPS) is 22.9. The summed E-state index contributed by atoms with van der Waals surface area (Å²) in [6.45, 7) is 1.98. The molecule has 0 spiro atoms. The number of aromatic amines is 1. The largest absolute Gasteiger partial charge is 0.339 e. The minimum atomic E-state index is 0.357. The zero-order valence-corrected chi connectivity index (χ0v) is 12.4. The molecule has 0 radical (unpaired) electrons. The van der Waals surface area contributed by atoms with Gasteiger partial charge in [0.2, 0.25) is 5.95 Å². The number of anilines is 1. The lowest BCUT2D eigenvalue weighted by Gasteiger charge is -2.28. The topological polar surface area (TPSA) is 70.8 Å². The summed E-state index contributed by atoms with van der Waals surface area (Å²) >= 11 is 0. The first-order chi connectivity index (χ1) is 9.81. The van der Waals surface area contributed by atoms with Crippen LogP contribution >= 0.6 is 0 Å². The van der Waals surface area contributed by atoms with E-state index in [1.165, 1.54) is 38.5 Å².